The van der Waals surface area contributed by atoms with Crippen molar-refractivity contribution >= 4 is 17.7 Å². The third-order valence-electron chi connectivity index (χ3n) is 2.79. The van der Waals surface area contributed by atoms with Crippen molar-refractivity contribution in [2.75, 3.05) is 12.9 Å². The van der Waals surface area contributed by atoms with E-state index in [9.17, 15) is 4.79 Å². The number of nitrogens with one attached hydrogen (secondary N) is 2. The van der Waals surface area contributed by atoms with Crippen LogP contribution in [-0.2, 0) is 4.79 Å². The fourth-order valence-electron chi connectivity index (χ4n) is 1.74. The molecule has 0 aliphatic carbocycles. The Morgan fingerprint density at radius 1 is 1.52 bits per heavy atom. The van der Waals surface area contributed by atoms with E-state index in [0.717, 1.165) is 16.5 Å². The Labute approximate surface area is 127 Å². The van der Waals surface area contributed by atoms with Gasteiger partial charge in [0, 0.05) is 4.90 Å². The Morgan fingerprint density at radius 3 is 3.00 bits per heavy atom. The van der Waals surface area contributed by atoms with E-state index in [1.54, 1.807) is 7.11 Å². The number of hydrogen-bond donors (Lipinski definition) is 2. The van der Waals surface area contributed by atoms with Crippen LogP contribution in [0.4, 0.5) is 0 Å². The predicted molar refractivity (Wildman–Crippen MR) is 81.4 cm³/mol. The summed E-state index contributed by atoms with van der Waals surface area (Å²) in [4.78, 5) is 17.1. The topological polar surface area (TPSA) is 79.9 Å². The molecule has 2 aromatic rings. The summed E-state index contributed by atoms with van der Waals surface area (Å²) in [5.74, 6) is 2.38. The first-order valence-corrected chi connectivity index (χ1v) is 7.52. The molecular weight excluding hydrogens is 288 g/mol. The summed E-state index contributed by atoms with van der Waals surface area (Å²) >= 11 is 1.46. The molecule has 0 fully saturated rings. The molecule has 1 aromatic carbocycles. The van der Waals surface area contributed by atoms with Crippen molar-refractivity contribution < 1.29 is 9.53 Å². The van der Waals surface area contributed by atoms with Crippen LogP contribution in [0, 0.1) is 6.92 Å². The third-order valence-corrected chi connectivity index (χ3v) is 3.78. The number of thioether (sulfide) groups is 1. The first-order valence-electron chi connectivity index (χ1n) is 6.53. The molecule has 1 amide bonds. The minimum atomic E-state index is -0.214. The van der Waals surface area contributed by atoms with Gasteiger partial charge >= 0.3 is 0 Å². The van der Waals surface area contributed by atoms with E-state index in [0.29, 0.717) is 11.6 Å². The van der Waals surface area contributed by atoms with Crippen molar-refractivity contribution in [1.82, 2.24) is 20.5 Å². The van der Waals surface area contributed by atoms with Gasteiger partial charge in [-0.25, -0.2) is 4.98 Å². The van der Waals surface area contributed by atoms with Crippen LogP contribution in [0.2, 0.25) is 0 Å². The Balaban J connectivity index is 1.84. The lowest BCUT2D eigenvalue weighted by molar-refractivity contribution is -0.119. The molecule has 6 nitrogen and oxygen atoms in total. The number of ether oxygens (including phenoxy) is 1. The quantitative estimate of drug-likeness (QED) is 0.799. The maximum absolute atomic E-state index is 11.9. The molecule has 7 heteroatoms. The van der Waals surface area contributed by atoms with Gasteiger partial charge in [-0.15, -0.1) is 11.8 Å². The summed E-state index contributed by atoms with van der Waals surface area (Å²) in [7, 11) is 1.62. The van der Waals surface area contributed by atoms with E-state index < -0.39 is 0 Å². The predicted octanol–water partition coefficient (Wildman–Crippen LogP) is 2.09. The van der Waals surface area contributed by atoms with E-state index in [2.05, 4.69) is 20.5 Å². The molecule has 112 valence electrons. The average molecular weight is 306 g/mol. The van der Waals surface area contributed by atoms with E-state index in [-0.39, 0.29) is 11.9 Å². The normalized spacial score (nSPS) is 12.0. The summed E-state index contributed by atoms with van der Waals surface area (Å²) < 4.78 is 5.15. The molecule has 0 aliphatic heterocycles. The number of aryl methyl sites for hydroxylation is 1. The molecule has 0 radical (unpaired) electrons. The van der Waals surface area contributed by atoms with Gasteiger partial charge in [-0.3, -0.25) is 9.89 Å². The monoisotopic (exact) mass is 306 g/mol. The van der Waals surface area contributed by atoms with Crippen LogP contribution in [0.15, 0.2) is 29.2 Å². The van der Waals surface area contributed by atoms with Gasteiger partial charge in [0.1, 0.15) is 11.6 Å². The summed E-state index contributed by atoms with van der Waals surface area (Å²) in [5.41, 5.74) is 0. The molecule has 1 aromatic heterocycles. The number of methoxy groups -OCH3 is 1. The number of nitrogens with zero attached hydrogens (tertiary/aromatic N) is 2. The molecule has 1 atom stereocenters. The number of carbonyl (C=O) groups is 1. The average Bonchev–Trinajstić information content (AvgIpc) is 2.92. The Kier molecular flexibility index (Phi) is 5.21. The number of hydrogen-bond acceptors (Lipinski definition) is 5. The lowest BCUT2D eigenvalue weighted by Gasteiger charge is -2.10. The highest BCUT2D eigenvalue weighted by Crippen LogP contribution is 2.22. The van der Waals surface area contributed by atoms with Gasteiger partial charge in [0.15, 0.2) is 5.82 Å². The molecule has 0 bridgehead atoms. The summed E-state index contributed by atoms with van der Waals surface area (Å²) in [5, 5.41) is 9.67. The van der Waals surface area contributed by atoms with Gasteiger partial charge in [-0.1, -0.05) is 6.07 Å². The van der Waals surface area contributed by atoms with Crippen LogP contribution in [0.3, 0.4) is 0 Å². The van der Waals surface area contributed by atoms with Crippen molar-refractivity contribution in [3.05, 3.63) is 35.9 Å². The fraction of sp³-hybridized carbons (Fsp3) is 0.357. The van der Waals surface area contributed by atoms with Crippen molar-refractivity contribution in [3.63, 3.8) is 0 Å². The first-order chi connectivity index (χ1) is 10.1. The van der Waals surface area contributed by atoms with Crippen LogP contribution < -0.4 is 10.1 Å². The van der Waals surface area contributed by atoms with Crippen molar-refractivity contribution in [1.29, 1.82) is 0 Å². The van der Waals surface area contributed by atoms with E-state index in [1.807, 2.05) is 38.1 Å². The number of H-pyrrole nitrogens is 1. The maximum atomic E-state index is 11.9. The lowest BCUT2D eigenvalue weighted by Crippen LogP contribution is -2.28. The van der Waals surface area contributed by atoms with E-state index >= 15 is 0 Å². The highest BCUT2D eigenvalue weighted by atomic mass is 32.2. The van der Waals surface area contributed by atoms with E-state index in [4.69, 9.17) is 4.74 Å². The molecule has 21 heavy (non-hydrogen) atoms. The fourth-order valence-corrected chi connectivity index (χ4v) is 2.50. The summed E-state index contributed by atoms with van der Waals surface area (Å²) in [6, 6.07) is 7.41. The molecule has 0 aliphatic rings. The number of rotatable bonds is 6. The highest BCUT2D eigenvalue weighted by molar-refractivity contribution is 8.00. The third kappa shape index (κ3) is 4.49. The molecule has 0 saturated carbocycles. The SMILES string of the molecule is COc1cccc(SCC(=O)N[C@H](C)c2n[nH]c(C)n2)c1. The number of aromatic nitrogens is 3. The second-order valence-electron chi connectivity index (χ2n) is 4.54. The Hall–Kier alpha value is -2.02. The van der Waals surface area contributed by atoms with Gasteiger partial charge in [0.25, 0.3) is 0 Å². The second-order valence-corrected chi connectivity index (χ2v) is 5.58. The maximum Gasteiger partial charge on any atom is 0.230 e. The highest BCUT2D eigenvalue weighted by Gasteiger charge is 2.13. The standard InChI is InChI=1S/C14H18N4O2S/c1-9(14-16-10(2)17-18-14)15-13(19)8-21-12-6-4-5-11(7-12)20-3/h4-7,9H,8H2,1-3H3,(H,15,19)(H,16,17,18)/t9-/m1/s1. The van der Waals surface area contributed by atoms with Crippen molar-refractivity contribution in [2.45, 2.75) is 24.8 Å². The number of aromatic amines is 1. The Morgan fingerprint density at radius 2 is 2.33 bits per heavy atom. The molecular formula is C14H18N4O2S. The van der Waals surface area contributed by atoms with Gasteiger partial charge in [-0.2, -0.15) is 5.10 Å². The molecule has 1 heterocycles. The number of amides is 1. The zero-order chi connectivity index (χ0) is 15.2. The van der Waals surface area contributed by atoms with Crippen molar-refractivity contribution in [3.8, 4) is 5.75 Å². The van der Waals surface area contributed by atoms with Gasteiger partial charge in [0.05, 0.1) is 18.9 Å². The summed E-state index contributed by atoms with van der Waals surface area (Å²) in [6.45, 7) is 3.68. The minimum absolute atomic E-state index is 0.0576. The minimum Gasteiger partial charge on any atom is -0.497 e. The van der Waals surface area contributed by atoms with Crippen LogP contribution in [0.5, 0.6) is 5.75 Å². The molecule has 0 spiro atoms. The van der Waals surface area contributed by atoms with Crippen LogP contribution in [0.25, 0.3) is 0 Å². The van der Waals surface area contributed by atoms with Crippen molar-refractivity contribution in [2.24, 2.45) is 0 Å². The molecule has 0 saturated heterocycles. The number of carbonyl (C=O) groups excluding carboxylic acids is 1. The molecule has 0 unspecified atom stereocenters. The lowest BCUT2D eigenvalue weighted by atomic mass is 10.3. The van der Waals surface area contributed by atoms with Gasteiger partial charge in [-0.05, 0) is 32.0 Å². The number of benzene rings is 1. The Bertz CT molecular complexity index is 615. The zero-order valence-corrected chi connectivity index (χ0v) is 13.0. The van der Waals surface area contributed by atoms with Crippen LogP contribution in [0.1, 0.15) is 24.6 Å². The molecule has 2 N–H and O–H groups in total. The van der Waals surface area contributed by atoms with Crippen LogP contribution >= 0.6 is 11.8 Å². The smallest absolute Gasteiger partial charge is 0.230 e. The zero-order valence-electron chi connectivity index (χ0n) is 12.2. The second kappa shape index (κ2) is 7.12. The first kappa shape index (κ1) is 15.4. The van der Waals surface area contributed by atoms with Gasteiger partial charge < -0.3 is 10.1 Å². The van der Waals surface area contributed by atoms with Gasteiger partial charge in [0.2, 0.25) is 5.91 Å². The summed E-state index contributed by atoms with van der Waals surface area (Å²) in [6.07, 6.45) is 0. The largest absolute Gasteiger partial charge is 0.497 e. The van der Waals surface area contributed by atoms with E-state index in [1.165, 1.54) is 11.8 Å². The molecule has 2 rings (SSSR count). The van der Waals surface area contributed by atoms with Crippen LogP contribution in [-0.4, -0.2) is 34.0 Å².